The lowest BCUT2D eigenvalue weighted by molar-refractivity contribution is 0.109. The standard InChI is InChI=1S/C18H38N4O2/c1-5-19-18(20-9-6-13-24-15-16(2)3)21-10-11-22(12-14-23-4)17-7-8-17/h16-17H,5-15H2,1-4H3,(H2,19,20,21). The predicted octanol–water partition coefficient (Wildman–Crippen LogP) is 1.72. The largest absolute Gasteiger partial charge is 0.383 e. The van der Waals surface area contributed by atoms with Crippen LogP contribution in [0.2, 0.25) is 0 Å². The second-order valence-corrected chi connectivity index (χ2v) is 6.77. The Hall–Kier alpha value is -0.850. The van der Waals surface area contributed by atoms with Crippen LogP contribution in [0.4, 0.5) is 0 Å². The molecule has 6 heteroatoms. The third-order valence-electron chi connectivity index (χ3n) is 3.85. The Labute approximate surface area is 148 Å². The quantitative estimate of drug-likeness (QED) is 0.286. The molecular weight excluding hydrogens is 304 g/mol. The molecule has 0 unspecified atom stereocenters. The van der Waals surface area contributed by atoms with E-state index in [0.717, 1.165) is 71.0 Å². The van der Waals surface area contributed by atoms with Crippen LogP contribution in [-0.4, -0.2) is 76.6 Å². The highest BCUT2D eigenvalue weighted by Gasteiger charge is 2.28. The van der Waals surface area contributed by atoms with E-state index < -0.39 is 0 Å². The van der Waals surface area contributed by atoms with Crippen molar-refractivity contribution in [3.63, 3.8) is 0 Å². The molecule has 0 aromatic rings. The maximum absolute atomic E-state index is 5.59. The fourth-order valence-electron chi connectivity index (χ4n) is 2.46. The second kappa shape index (κ2) is 13.4. The number of hydrogen-bond acceptors (Lipinski definition) is 4. The number of nitrogens with one attached hydrogen (secondary N) is 2. The van der Waals surface area contributed by atoms with Gasteiger partial charge in [-0.05, 0) is 32.1 Å². The maximum Gasteiger partial charge on any atom is 0.191 e. The van der Waals surface area contributed by atoms with E-state index in [9.17, 15) is 0 Å². The van der Waals surface area contributed by atoms with E-state index in [1.54, 1.807) is 7.11 Å². The summed E-state index contributed by atoms with van der Waals surface area (Å²) in [6.07, 6.45) is 3.62. The lowest BCUT2D eigenvalue weighted by Gasteiger charge is -2.22. The van der Waals surface area contributed by atoms with Crippen LogP contribution in [-0.2, 0) is 9.47 Å². The fraction of sp³-hybridized carbons (Fsp3) is 0.944. The van der Waals surface area contributed by atoms with Gasteiger partial charge in [-0.15, -0.1) is 0 Å². The second-order valence-electron chi connectivity index (χ2n) is 6.77. The molecule has 24 heavy (non-hydrogen) atoms. The van der Waals surface area contributed by atoms with Crippen molar-refractivity contribution in [2.45, 2.75) is 46.1 Å². The summed E-state index contributed by atoms with van der Waals surface area (Å²) in [5.41, 5.74) is 0. The van der Waals surface area contributed by atoms with Gasteiger partial charge < -0.3 is 20.1 Å². The molecule has 142 valence electrons. The summed E-state index contributed by atoms with van der Waals surface area (Å²) < 4.78 is 10.8. The average Bonchev–Trinajstić information content (AvgIpc) is 3.38. The third kappa shape index (κ3) is 10.8. The number of nitrogens with zero attached hydrogens (tertiary/aromatic N) is 2. The molecule has 6 nitrogen and oxygen atoms in total. The first kappa shape index (κ1) is 21.2. The van der Waals surface area contributed by atoms with Crippen molar-refractivity contribution < 1.29 is 9.47 Å². The number of guanidine groups is 1. The van der Waals surface area contributed by atoms with E-state index in [0.29, 0.717) is 5.92 Å². The van der Waals surface area contributed by atoms with E-state index in [2.05, 4.69) is 41.3 Å². The lowest BCUT2D eigenvalue weighted by Crippen LogP contribution is -2.42. The summed E-state index contributed by atoms with van der Waals surface area (Å²) in [5.74, 6) is 1.50. The van der Waals surface area contributed by atoms with Crippen molar-refractivity contribution >= 4 is 5.96 Å². The van der Waals surface area contributed by atoms with Gasteiger partial charge in [-0.25, -0.2) is 0 Å². The van der Waals surface area contributed by atoms with Gasteiger partial charge in [-0.1, -0.05) is 13.8 Å². The monoisotopic (exact) mass is 342 g/mol. The van der Waals surface area contributed by atoms with Crippen molar-refractivity contribution in [3.8, 4) is 0 Å². The number of ether oxygens (including phenoxy) is 2. The van der Waals surface area contributed by atoms with Crippen molar-refractivity contribution in [2.24, 2.45) is 10.9 Å². The first-order valence-electron chi connectivity index (χ1n) is 9.50. The van der Waals surface area contributed by atoms with Gasteiger partial charge in [-0.3, -0.25) is 9.89 Å². The third-order valence-corrected chi connectivity index (χ3v) is 3.85. The van der Waals surface area contributed by atoms with Gasteiger partial charge >= 0.3 is 0 Å². The van der Waals surface area contributed by atoms with E-state index >= 15 is 0 Å². The Kier molecular flexibility index (Phi) is 11.9. The molecule has 0 radical (unpaired) electrons. The predicted molar refractivity (Wildman–Crippen MR) is 101 cm³/mol. The van der Waals surface area contributed by atoms with Crippen LogP contribution >= 0.6 is 0 Å². The number of aliphatic imine (C=N–C) groups is 1. The van der Waals surface area contributed by atoms with Gasteiger partial charge in [0.25, 0.3) is 0 Å². The molecule has 0 aliphatic heterocycles. The molecule has 1 saturated carbocycles. The van der Waals surface area contributed by atoms with Gasteiger partial charge in [-0.2, -0.15) is 0 Å². The smallest absolute Gasteiger partial charge is 0.191 e. The van der Waals surface area contributed by atoms with Crippen LogP contribution in [0.5, 0.6) is 0 Å². The maximum atomic E-state index is 5.59. The minimum Gasteiger partial charge on any atom is -0.383 e. The van der Waals surface area contributed by atoms with E-state index in [1.165, 1.54) is 12.8 Å². The molecule has 0 aromatic carbocycles. The summed E-state index contributed by atoms with van der Waals surface area (Å²) in [4.78, 5) is 7.13. The number of methoxy groups -OCH3 is 1. The SMILES string of the molecule is CCNC(=NCCCOCC(C)C)NCCN(CCOC)C1CC1. The Morgan fingerprint density at radius 2 is 2.00 bits per heavy atom. The molecule has 0 spiro atoms. The first-order valence-corrected chi connectivity index (χ1v) is 9.50. The van der Waals surface area contributed by atoms with Crippen LogP contribution in [0.3, 0.4) is 0 Å². The van der Waals surface area contributed by atoms with Gasteiger partial charge in [0.2, 0.25) is 0 Å². The number of hydrogen-bond donors (Lipinski definition) is 2. The van der Waals surface area contributed by atoms with Crippen molar-refractivity contribution in [3.05, 3.63) is 0 Å². The van der Waals surface area contributed by atoms with Crippen molar-refractivity contribution in [1.82, 2.24) is 15.5 Å². The molecule has 0 atom stereocenters. The summed E-state index contributed by atoms with van der Waals surface area (Å²) >= 11 is 0. The number of rotatable bonds is 14. The topological polar surface area (TPSA) is 58.1 Å². The Bertz CT molecular complexity index is 333. The van der Waals surface area contributed by atoms with Crippen LogP contribution in [0.1, 0.15) is 40.0 Å². The van der Waals surface area contributed by atoms with Gasteiger partial charge in [0.1, 0.15) is 0 Å². The van der Waals surface area contributed by atoms with Crippen molar-refractivity contribution in [1.29, 1.82) is 0 Å². The molecule has 0 heterocycles. The molecule has 1 fully saturated rings. The zero-order valence-electron chi connectivity index (χ0n) is 16.1. The van der Waals surface area contributed by atoms with Crippen LogP contribution < -0.4 is 10.6 Å². The molecule has 0 bridgehead atoms. The Balaban J connectivity index is 2.19. The summed E-state index contributed by atoms with van der Waals surface area (Å²) in [5, 5.41) is 6.74. The van der Waals surface area contributed by atoms with E-state index in [1.807, 2.05) is 0 Å². The summed E-state index contributed by atoms with van der Waals surface area (Å²) in [7, 11) is 1.77. The van der Waals surface area contributed by atoms with E-state index in [4.69, 9.17) is 9.47 Å². The van der Waals surface area contributed by atoms with Crippen LogP contribution in [0.15, 0.2) is 4.99 Å². The van der Waals surface area contributed by atoms with Crippen molar-refractivity contribution in [2.75, 3.05) is 59.7 Å². The Morgan fingerprint density at radius 1 is 1.21 bits per heavy atom. The highest BCUT2D eigenvalue weighted by atomic mass is 16.5. The van der Waals surface area contributed by atoms with Crippen LogP contribution in [0, 0.1) is 5.92 Å². The average molecular weight is 343 g/mol. The molecule has 0 saturated heterocycles. The molecule has 0 amide bonds. The van der Waals surface area contributed by atoms with Crippen LogP contribution in [0.25, 0.3) is 0 Å². The zero-order valence-corrected chi connectivity index (χ0v) is 16.1. The van der Waals surface area contributed by atoms with E-state index in [-0.39, 0.29) is 0 Å². The molecule has 1 aliphatic carbocycles. The molecule has 2 N–H and O–H groups in total. The molecule has 1 rings (SSSR count). The van der Waals surface area contributed by atoms with Gasteiger partial charge in [0.15, 0.2) is 5.96 Å². The lowest BCUT2D eigenvalue weighted by atomic mass is 10.2. The molecule has 1 aliphatic rings. The highest BCUT2D eigenvalue weighted by molar-refractivity contribution is 5.79. The van der Waals surface area contributed by atoms with Gasteiger partial charge in [0.05, 0.1) is 6.61 Å². The normalized spacial score (nSPS) is 15.3. The minimum absolute atomic E-state index is 0.597. The summed E-state index contributed by atoms with van der Waals surface area (Å²) in [6.45, 7) is 13.5. The first-order chi connectivity index (χ1) is 11.7. The minimum atomic E-state index is 0.597. The highest BCUT2D eigenvalue weighted by Crippen LogP contribution is 2.25. The Morgan fingerprint density at radius 3 is 2.62 bits per heavy atom. The zero-order chi connectivity index (χ0) is 17.6. The molecular formula is C18H38N4O2. The fourth-order valence-corrected chi connectivity index (χ4v) is 2.46. The van der Waals surface area contributed by atoms with Gasteiger partial charge in [0, 0.05) is 59.1 Å². The molecule has 0 aromatic heterocycles. The summed E-state index contributed by atoms with van der Waals surface area (Å²) in [6, 6.07) is 0.763.